The molecule has 0 saturated heterocycles. The molecule has 4 heteroatoms. The molecule has 1 rings (SSSR count). The van der Waals surface area contributed by atoms with Crippen LogP contribution in [0.2, 0.25) is 0 Å². The van der Waals surface area contributed by atoms with Crippen molar-refractivity contribution in [1.29, 1.82) is 0 Å². The van der Waals surface area contributed by atoms with Crippen LogP contribution in [0, 0.1) is 0 Å². The molecule has 0 aromatic heterocycles. The molecule has 0 saturated carbocycles. The smallest absolute Gasteiger partial charge is 0.241 e. The Hall–Kier alpha value is -1.39. The van der Waals surface area contributed by atoms with Crippen LogP contribution in [-0.2, 0) is 11.3 Å². The van der Waals surface area contributed by atoms with E-state index in [-0.39, 0.29) is 11.8 Å². The maximum Gasteiger partial charge on any atom is 0.241 e. The molecule has 0 aliphatic rings. The molecular formula is C15H25N3O. The quantitative estimate of drug-likeness (QED) is 0.469. The summed E-state index contributed by atoms with van der Waals surface area (Å²) in [5.74, 6) is 4.77. The van der Waals surface area contributed by atoms with Crippen molar-refractivity contribution in [3.05, 3.63) is 35.4 Å². The van der Waals surface area contributed by atoms with Crippen LogP contribution < -0.4 is 11.3 Å². The molecule has 4 nitrogen and oxygen atoms in total. The highest BCUT2D eigenvalue weighted by molar-refractivity contribution is 5.82. The van der Waals surface area contributed by atoms with Gasteiger partial charge < -0.3 is 0 Å². The molecule has 0 radical (unpaired) electrons. The van der Waals surface area contributed by atoms with E-state index >= 15 is 0 Å². The maximum absolute atomic E-state index is 11.5. The first-order valence-corrected chi connectivity index (χ1v) is 6.82. The topological polar surface area (TPSA) is 58.4 Å². The lowest BCUT2D eigenvalue weighted by Gasteiger charge is -2.24. The zero-order chi connectivity index (χ0) is 14.4. The molecule has 0 heterocycles. The average molecular weight is 263 g/mol. The SMILES string of the molecule is CCN(Cc1ccc(C(C)C(=O)NN)cc1)C(C)C. The summed E-state index contributed by atoms with van der Waals surface area (Å²) in [6, 6.07) is 8.71. The molecule has 1 aromatic carbocycles. The minimum Gasteiger partial charge on any atom is -0.297 e. The van der Waals surface area contributed by atoms with Crippen molar-refractivity contribution < 1.29 is 4.79 Å². The summed E-state index contributed by atoms with van der Waals surface area (Å²) in [6.07, 6.45) is 0. The number of rotatable bonds is 6. The van der Waals surface area contributed by atoms with Crippen molar-refractivity contribution in [2.24, 2.45) is 5.84 Å². The lowest BCUT2D eigenvalue weighted by molar-refractivity contribution is -0.122. The summed E-state index contributed by atoms with van der Waals surface area (Å²) in [5, 5.41) is 0. The summed E-state index contributed by atoms with van der Waals surface area (Å²) < 4.78 is 0. The number of hydrogen-bond donors (Lipinski definition) is 2. The molecule has 0 fully saturated rings. The summed E-state index contributed by atoms with van der Waals surface area (Å²) >= 11 is 0. The Labute approximate surface area is 115 Å². The average Bonchev–Trinajstić information content (AvgIpc) is 2.43. The van der Waals surface area contributed by atoms with Crippen LogP contribution in [0.4, 0.5) is 0 Å². The number of hydrogen-bond acceptors (Lipinski definition) is 3. The molecule has 3 N–H and O–H groups in total. The monoisotopic (exact) mass is 263 g/mol. The van der Waals surface area contributed by atoms with E-state index in [4.69, 9.17) is 5.84 Å². The Morgan fingerprint density at radius 1 is 1.26 bits per heavy atom. The van der Waals surface area contributed by atoms with Gasteiger partial charge in [-0.2, -0.15) is 0 Å². The normalized spacial score (nSPS) is 12.8. The van der Waals surface area contributed by atoms with Gasteiger partial charge in [-0.3, -0.25) is 15.1 Å². The van der Waals surface area contributed by atoms with E-state index in [9.17, 15) is 4.79 Å². The fourth-order valence-electron chi connectivity index (χ4n) is 2.08. The second kappa shape index (κ2) is 7.26. The highest BCUT2D eigenvalue weighted by Gasteiger charge is 2.14. The van der Waals surface area contributed by atoms with Gasteiger partial charge in [0, 0.05) is 12.6 Å². The third-order valence-corrected chi connectivity index (χ3v) is 3.54. The van der Waals surface area contributed by atoms with Gasteiger partial charge >= 0.3 is 0 Å². The van der Waals surface area contributed by atoms with Crippen LogP contribution >= 0.6 is 0 Å². The van der Waals surface area contributed by atoms with E-state index in [1.165, 1.54) is 5.56 Å². The highest BCUT2D eigenvalue weighted by Crippen LogP contribution is 2.17. The van der Waals surface area contributed by atoms with Crippen molar-refractivity contribution in [1.82, 2.24) is 10.3 Å². The zero-order valence-electron chi connectivity index (χ0n) is 12.3. The largest absolute Gasteiger partial charge is 0.297 e. The van der Waals surface area contributed by atoms with Crippen LogP contribution in [0.25, 0.3) is 0 Å². The molecule has 0 spiro atoms. The molecule has 106 valence electrons. The zero-order valence-corrected chi connectivity index (χ0v) is 12.3. The number of benzene rings is 1. The highest BCUT2D eigenvalue weighted by atomic mass is 16.2. The fourth-order valence-corrected chi connectivity index (χ4v) is 2.08. The van der Waals surface area contributed by atoms with E-state index in [1.54, 1.807) is 0 Å². The molecule has 1 amide bonds. The van der Waals surface area contributed by atoms with Gasteiger partial charge in [-0.15, -0.1) is 0 Å². The second-order valence-electron chi connectivity index (χ2n) is 5.13. The Morgan fingerprint density at radius 2 is 1.84 bits per heavy atom. The van der Waals surface area contributed by atoms with Crippen LogP contribution in [0.1, 0.15) is 44.7 Å². The van der Waals surface area contributed by atoms with Crippen molar-refractivity contribution >= 4 is 5.91 Å². The van der Waals surface area contributed by atoms with Gasteiger partial charge in [0.1, 0.15) is 0 Å². The number of nitrogens with one attached hydrogen (secondary N) is 1. The van der Waals surface area contributed by atoms with Crippen molar-refractivity contribution in [3.8, 4) is 0 Å². The van der Waals surface area contributed by atoms with E-state index in [0.29, 0.717) is 6.04 Å². The molecule has 0 aliphatic heterocycles. The Bertz CT molecular complexity index is 400. The lowest BCUT2D eigenvalue weighted by Crippen LogP contribution is -2.33. The molecule has 1 unspecified atom stereocenters. The predicted octanol–water partition coefficient (Wildman–Crippen LogP) is 2.01. The number of amides is 1. The first-order chi connectivity index (χ1) is 8.99. The van der Waals surface area contributed by atoms with Crippen molar-refractivity contribution in [2.75, 3.05) is 6.54 Å². The third kappa shape index (κ3) is 4.33. The Balaban J connectivity index is 2.73. The van der Waals surface area contributed by atoms with E-state index in [2.05, 4.69) is 43.2 Å². The Morgan fingerprint density at radius 3 is 2.26 bits per heavy atom. The van der Waals surface area contributed by atoms with Crippen molar-refractivity contribution in [2.45, 2.75) is 46.2 Å². The molecule has 0 aliphatic carbocycles. The van der Waals surface area contributed by atoms with Gasteiger partial charge in [-0.25, -0.2) is 5.84 Å². The molecule has 1 atom stereocenters. The van der Waals surface area contributed by atoms with Gasteiger partial charge in [0.2, 0.25) is 5.91 Å². The summed E-state index contributed by atoms with van der Waals surface area (Å²) in [7, 11) is 0. The summed E-state index contributed by atoms with van der Waals surface area (Å²) in [4.78, 5) is 13.9. The van der Waals surface area contributed by atoms with E-state index in [1.807, 2.05) is 19.1 Å². The molecule has 0 bridgehead atoms. The predicted molar refractivity (Wildman–Crippen MR) is 78.4 cm³/mol. The van der Waals surface area contributed by atoms with Crippen LogP contribution in [0.15, 0.2) is 24.3 Å². The molecule has 1 aromatic rings. The number of hydrazine groups is 1. The summed E-state index contributed by atoms with van der Waals surface area (Å²) in [6.45, 7) is 10.4. The van der Waals surface area contributed by atoms with Crippen LogP contribution in [0.5, 0.6) is 0 Å². The maximum atomic E-state index is 11.5. The number of carbonyl (C=O) groups excluding carboxylic acids is 1. The van der Waals surface area contributed by atoms with Gasteiger partial charge in [-0.1, -0.05) is 31.2 Å². The minimum atomic E-state index is -0.216. The fraction of sp³-hybridized carbons (Fsp3) is 0.533. The standard InChI is InChI=1S/C15H25N3O/c1-5-18(11(2)3)10-13-6-8-14(9-7-13)12(4)15(19)17-16/h6-9,11-12H,5,10,16H2,1-4H3,(H,17,19). The third-order valence-electron chi connectivity index (χ3n) is 3.54. The number of carbonyl (C=O) groups is 1. The second-order valence-corrected chi connectivity index (χ2v) is 5.13. The van der Waals surface area contributed by atoms with E-state index in [0.717, 1.165) is 18.7 Å². The minimum absolute atomic E-state index is 0.162. The van der Waals surface area contributed by atoms with Crippen LogP contribution in [0.3, 0.4) is 0 Å². The number of nitrogens with two attached hydrogens (primary N) is 1. The first-order valence-electron chi connectivity index (χ1n) is 6.82. The Kier molecular flexibility index (Phi) is 5.99. The van der Waals surface area contributed by atoms with Gasteiger partial charge in [-0.05, 0) is 38.4 Å². The van der Waals surface area contributed by atoms with Gasteiger partial charge in [0.25, 0.3) is 0 Å². The van der Waals surface area contributed by atoms with Crippen LogP contribution in [-0.4, -0.2) is 23.4 Å². The summed E-state index contributed by atoms with van der Waals surface area (Å²) in [5.41, 5.74) is 4.44. The van der Waals surface area contributed by atoms with Crippen molar-refractivity contribution in [3.63, 3.8) is 0 Å². The van der Waals surface area contributed by atoms with Gasteiger partial charge in [0.15, 0.2) is 0 Å². The van der Waals surface area contributed by atoms with Gasteiger partial charge in [0.05, 0.1) is 5.92 Å². The van der Waals surface area contributed by atoms with E-state index < -0.39 is 0 Å². The number of nitrogens with zero attached hydrogens (tertiary/aromatic N) is 1. The lowest BCUT2D eigenvalue weighted by atomic mass is 9.99. The molecular weight excluding hydrogens is 238 g/mol. The first kappa shape index (κ1) is 15.7. The molecule has 19 heavy (non-hydrogen) atoms.